The normalized spacial score (nSPS) is 11.1. The van der Waals surface area contributed by atoms with Gasteiger partial charge in [-0.15, -0.1) is 0 Å². The highest BCUT2D eigenvalue weighted by Crippen LogP contribution is 2.22. The van der Waals surface area contributed by atoms with E-state index < -0.39 is 10.0 Å². The predicted molar refractivity (Wildman–Crippen MR) is 76.9 cm³/mol. The third-order valence-electron chi connectivity index (χ3n) is 2.25. The lowest BCUT2D eigenvalue weighted by atomic mass is 10.2. The molecule has 0 amide bonds. The second-order valence-electron chi connectivity index (χ2n) is 3.71. The molecule has 1 aromatic rings. The van der Waals surface area contributed by atoms with Crippen LogP contribution in [0.5, 0.6) is 5.75 Å². The molecule has 0 spiro atoms. The number of hydrogen-bond acceptors (Lipinski definition) is 5. The molecule has 0 aliphatic carbocycles. The van der Waals surface area contributed by atoms with Crippen LogP contribution in [0.4, 0.5) is 0 Å². The summed E-state index contributed by atoms with van der Waals surface area (Å²) in [6, 6.07) is 4.56. The van der Waals surface area contributed by atoms with Crippen molar-refractivity contribution in [3.8, 4) is 5.75 Å². The van der Waals surface area contributed by atoms with Crippen LogP contribution in [0.1, 0.15) is 19.4 Å². The van der Waals surface area contributed by atoms with E-state index >= 15 is 0 Å². The smallest absolute Gasteiger partial charge is 0.357 e. The van der Waals surface area contributed by atoms with E-state index in [1.165, 1.54) is 12.1 Å². The van der Waals surface area contributed by atoms with Gasteiger partial charge in [-0.25, -0.2) is 13.1 Å². The Hall–Kier alpha value is -1.18. The molecule has 0 radical (unpaired) electrons. The topological polar surface area (TPSA) is 64.6 Å². The quantitative estimate of drug-likeness (QED) is 0.843. The number of nitrogens with one attached hydrogen (secondary N) is 1. The van der Waals surface area contributed by atoms with Crippen molar-refractivity contribution < 1.29 is 17.9 Å². The first-order valence-electron chi connectivity index (χ1n) is 5.85. The van der Waals surface area contributed by atoms with Crippen molar-refractivity contribution in [2.75, 3.05) is 13.2 Å². The van der Waals surface area contributed by atoms with Crippen molar-refractivity contribution >= 4 is 27.5 Å². The standard InChI is InChI=1S/C12H17NO4S2/c1-4-13-19(14,15)10-6-7-11(9(3)8-10)17-12(18)16-5-2/h6-8,13H,4-5H2,1-3H3. The number of hydrogen-bond donors (Lipinski definition) is 1. The van der Waals surface area contributed by atoms with Gasteiger partial charge in [0.15, 0.2) is 0 Å². The third kappa shape index (κ3) is 4.45. The van der Waals surface area contributed by atoms with Crippen LogP contribution in [0.25, 0.3) is 0 Å². The average molecular weight is 303 g/mol. The van der Waals surface area contributed by atoms with Crippen LogP contribution in [0, 0.1) is 6.92 Å². The van der Waals surface area contributed by atoms with E-state index in [1.807, 2.05) is 0 Å². The molecule has 7 heteroatoms. The molecule has 0 fully saturated rings. The molecular weight excluding hydrogens is 286 g/mol. The molecule has 0 saturated carbocycles. The fourth-order valence-electron chi connectivity index (χ4n) is 1.41. The fraction of sp³-hybridized carbons (Fsp3) is 0.417. The molecule has 0 aromatic heterocycles. The number of rotatable bonds is 5. The van der Waals surface area contributed by atoms with Crippen molar-refractivity contribution in [3.63, 3.8) is 0 Å². The average Bonchev–Trinajstić information content (AvgIpc) is 2.32. The number of benzene rings is 1. The minimum Gasteiger partial charge on any atom is -0.457 e. The number of aryl methyl sites for hydroxylation is 1. The van der Waals surface area contributed by atoms with E-state index in [1.54, 1.807) is 26.8 Å². The van der Waals surface area contributed by atoms with E-state index in [2.05, 4.69) is 4.72 Å². The van der Waals surface area contributed by atoms with Gasteiger partial charge in [0, 0.05) is 18.8 Å². The summed E-state index contributed by atoms with van der Waals surface area (Å²) in [6.45, 7) is 6.03. The molecule has 106 valence electrons. The lowest BCUT2D eigenvalue weighted by Crippen LogP contribution is -2.23. The molecule has 0 saturated heterocycles. The van der Waals surface area contributed by atoms with E-state index in [-0.39, 0.29) is 10.1 Å². The number of sulfonamides is 1. The summed E-state index contributed by atoms with van der Waals surface area (Å²) in [5, 5.41) is 0.0212. The zero-order chi connectivity index (χ0) is 14.5. The summed E-state index contributed by atoms with van der Waals surface area (Å²) in [5.41, 5.74) is 0.668. The molecule has 0 heterocycles. The number of thiocarbonyl (C=S) groups is 1. The molecule has 1 N–H and O–H groups in total. The lowest BCUT2D eigenvalue weighted by molar-refractivity contribution is 0.263. The Balaban J connectivity index is 2.95. The largest absolute Gasteiger partial charge is 0.457 e. The molecule has 1 rings (SSSR count). The Morgan fingerprint density at radius 3 is 2.58 bits per heavy atom. The second kappa shape index (κ2) is 6.83. The van der Waals surface area contributed by atoms with E-state index in [0.717, 1.165) is 0 Å². The highest BCUT2D eigenvalue weighted by atomic mass is 32.2. The first kappa shape index (κ1) is 15.9. The first-order chi connectivity index (χ1) is 8.90. The maximum atomic E-state index is 11.8. The van der Waals surface area contributed by atoms with E-state index in [4.69, 9.17) is 21.7 Å². The monoisotopic (exact) mass is 303 g/mol. The molecule has 0 unspecified atom stereocenters. The van der Waals surface area contributed by atoms with Crippen molar-refractivity contribution in [2.24, 2.45) is 0 Å². The summed E-state index contributed by atoms with van der Waals surface area (Å²) in [4.78, 5) is 0.196. The fourth-order valence-corrected chi connectivity index (χ4v) is 2.75. The van der Waals surface area contributed by atoms with Crippen LogP contribution in [0.3, 0.4) is 0 Å². The van der Waals surface area contributed by atoms with Gasteiger partial charge in [0.25, 0.3) is 0 Å². The minimum absolute atomic E-state index is 0.0212. The highest BCUT2D eigenvalue weighted by molar-refractivity contribution is 7.89. The summed E-state index contributed by atoms with van der Waals surface area (Å²) in [7, 11) is -3.46. The second-order valence-corrected chi connectivity index (χ2v) is 5.81. The van der Waals surface area contributed by atoms with Crippen molar-refractivity contribution in [1.82, 2.24) is 4.72 Å². The van der Waals surface area contributed by atoms with Crippen LogP contribution < -0.4 is 9.46 Å². The summed E-state index contributed by atoms with van der Waals surface area (Å²) in [5.74, 6) is 0.480. The zero-order valence-electron chi connectivity index (χ0n) is 11.1. The van der Waals surface area contributed by atoms with Gasteiger partial charge < -0.3 is 9.47 Å². The van der Waals surface area contributed by atoms with Gasteiger partial charge in [-0.2, -0.15) is 0 Å². The Labute approximate surface area is 119 Å². The molecule has 0 bridgehead atoms. The van der Waals surface area contributed by atoms with Crippen molar-refractivity contribution in [3.05, 3.63) is 23.8 Å². The maximum absolute atomic E-state index is 11.8. The van der Waals surface area contributed by atoms with Crippen LogP contribution >= 0.6 is 12.2 Å². The number of ether oxygens (including phenoxy) is 2. The van der Waals surface area contributed by atoms with Crippen LogP contribution in [-0.2, 0) is 14.8 Å². The van der Waals surface area contributed by atoms with Gasteiger partial charge in [0.2, 0.25) is 10.0 Å². The maximum Gasteiger partial charge on any atom is 0.357 e. The summed E-state index contributed by atoms with van der Waals surface area (Å²) < 4.78 is 36.4. The molecule has 0 aliphatic rings. The zero-order valence-corrected chi connectivity index (χ0v) is 12.7. The van der Waals surface area contributed by atoms with Crippen molar-refractivity contribution in [1.29, 1.82) is 0 Å². The van der Waals surface area contributed by atoms with Crippen LogP contribution in [0.15, 0.2) is 23.1 Å². The van der Waals surface area contributed by atoms with Gasteiger partial charge in [-0.05, 0) is 37.6 Å². The van der Waals surface area contributed by atoms with Gasteiger partial charge in [-0.3, -0.25) is 0 Å². The minimum atomic E-state index is -3.46. The predicted octanol–water partition coefficient (Wildman–Crippen LogP) is 1.99. The van der Waals surface area contributed by atoms with Crippen molar-refractivity contribution in [2.45, 2.75) is 25.7 Å². The molecule has 1 aromatic carbocycles. The SMILES string of the molecule is CCNS(=O)(=O)c1ccc(OC(=S)OCC)c(C)c1. The summed E-state index contributed by atoms with van der Waals surface area (Å²) in [6.07, 6.45) is 0. The Kier molecular flexibility index (Phi) is 5.71. The molecule has 0 atom stereocenters. The Morgan fingerprint density at radius 1 is 1.37 bits per heavy atom. The molecular formula is C12H17NO4S2. The van der Waals surface area contributed by atoms with Gasteiger partial charge >= 0.3 is 5.24 Å². The summed E-state index contributed by atoms with van der Waals surface area (Å²) >= 11 is 4.87. The van der Waals surface area contributed by atoms with E-state index in [9.17, 15) is 8.42 Å². The lowest BCUT2D eigenvalue weighted by Gasteiger charge is -2.11. The highest BCUT2D eigenvalue weighted by Gasteiger charge is 2.14. The Morgan fingerprint density at radius 2 is 2.05 bits per heavy atom. The van der Waals surface area contributed by atoms with Crippen LogP contribution in [-0.4, -0.2) is 26.8 Å². The molecule has 19 heavy (non-hydrogen) atoms. The van der Waals surface area contributed by atoms with Gasteiger partial charge in [0.1, 0.15) is 5.75 Å². The Bertz CT molecular complexity index is 555. The van der Waals surface area contributed by atoms with Gasteiger partial charge in [0.05, 0.1) is 11.5 Å². The van der Waals surface area contributed by atoms with Crippen LogP contribution in [0.2, 0.25) is 0 Å². The van der Waals surface area contributed by atoms with E-state index in [0.29, 0.717) is 24.5 Å². The van der Waals surface area contributed by atoms with Gasteiger partial charge in [-0.1, -0.05) is 6.92 Å². The first-order valence-corrected chi connectivity index (χ1v) is 7.74. The molecule has 0 aliphatic heterocycles. The third-order valence-corrected chi connectivity index (χ3v) is 3.99. The molecule has 5 nitrogen and oxygen atoms in total.